The molecule has 0 aliphatic carbocycles. The van der Waals surface area contributed by atoms with Gasteiger partial charge in [0.25, 0.3) is 0 Å². The molecule has 0 aliphatic heterocycles. The molecule has 32 heavy (non-hydrogen) atoms. The number of alkyl halides is 3. The molecule has 8 heteroatoms. The lowest BCUT2D eigenvalue weighted by Gasteiger charge is -2.14. The number of rotatable bonds is 5. The highest BCUT2D eigenvalue weighted by atomic mass is 32.1. The lowest BCUT2D eigenvalue weighted by atomic mass is 10.0. The van der Waals surface area contributed by atoms with Crippen LogP contribution in [-0.4, -0.2) is 11.2 Å². The van der Waals surface area contributed by atoms with Gasteiger partial charge in [0.1, 0.15) is 23.1 Å². The van der Waals surface area contributed by atoms with Crippen molar-refractivity contribution in [1.29, 1.82) is 0 Å². The summed E-state index contributed by atoms with van der Waals surface area (Å²) >= 11 is 1.03. The van der Waals surface area contributed by atoms with Crippen molar-refractivity contribution >= 4 is 21.4 Å². The molecule has 1 aromatic heterocycles. The Morgan fingerprint density at radius 3 is 2.25 bits per heavy atom. The molecule has 3 aromatic carbocycles. The zero-order valence-electron chi connectivity index (χ0n) is 17.0. The Balaban J connectivity index is 1.86. The Morgan fingerprint density at radius 2 is 1.59 bits per heavy atom. The summed E-state index contributed by atoms with van der Waals surface area (Å²) in [6, 6.07) is 13.7. The van der Waals surface area contributed by atoms with E-state index in [9.17, 15) is 22.7 Å². The quantitative estimate of drug-likeness (QED) is 0.305. The molecule has 0 spiro atoms. The van der Waals surface area contributed by atoms with Gasteiger partial charge in [0.05, 0.1) is 16.5 Å². The second kappa shape index (κ2) is 8.35. The fourth-order valence-electron chi connectivity index (χ4n) is 3.27. The smallest absolute Gasteiger partial charge is 0.417 e. The molecule has 0 bridgehead atoms. The third-order valence-electron chi connectivity index (χ3n) is 4.58. The van der Waals surface area contributed by atoms with Crippen molar-refractivity contribution in [3.63, 3.8) is 0 Å². The molecule has 0 radical (unpaired) electrons. The highest BCUT2D eigenvalue weighted by Gasteiger charge is 2.35. The molecular formula is C24H18F4O3S. The highest BCUT2D eigenvalue weighted by Crippen LogP contribution is 2.50. The maximum absolute atomic E-state index is 13.7. The molecule has 4 rings (SSSR count). The number of benzene rings is 3. The van der Waals surface area contributed by atoms with Crippen LogP contribution in [0.15, 0.2) is 60.7 Å². The maximum atomic E-state index is 13.7. The fraction of sp³-hybridized carbons (Fsp3) is 0.167. The summed E-state index contributed by atoms with van der Waals surface area (Å²) < 4.78 is 66.9. The molecule has 0 amide bonds. The van der Waals surface area contributed by atoms with E-state index < -0.39 is 17.6 Å². The normalized spacial score (nSPS) is 11.8. The summed E-state index contributed by atoms with van der Waals surface area (Å²) in [7, 11) is 0. The first-order valence-corrected chi connectivity index (χ1v) is 10.5. The summed E-state index contributed by atoms with van der Waals surface area (Å²) in [4.78, 5) is 0.181. The first-order chi connectivity index (χ1) is 15.1. The van der Waals surface area contributed by atoms with Crippen LogP contribution in [0.2, 0.25) is 0 Å². The molecular weight excluding hydrogens is 444 g/mol. The van der Waals surface area contributed by atoms with E-state index in [1.54, 1.807) is 30.3 Å². The second-order valence-corrected chi connectivity index (χ2v) is 8.42. The molecule has 0 saturated carbocycles. The standard InChI is InChI=1S/C24H18F4O3S/c1-13(2)30-16-5-7-17(8-6-16)31-22-19-10-4-15(29)12-21(19)32-23(22)18-9-3-14(25)11-20(18)24(26,27)28/h3-13,29H,1-2H3. The van der Waals surface area contributed by atoms with E-state index in [-0.39, 0.29) is 28.0 Å². The Hall–Kier alpha value is -3.26. The first-order valence-electron chi connectivity index (χ1n) is 9.69. The van der Waals surface area contributed by atoms with Crippen LogP contribution in [0, 0.1) is 5.82 Å². The molecule has 4 aromatic rings. The number of ether oxygens (including phenoxy) is 2. The van der Waals surface area contributed by atoms with Crippen molar-refractivity contribution in [3.8, 4) is 33.4 Å². The number of halogens is 4. The van der Waals surface area contributed by atoms with Crippen molar-refractivity contribution < 1.29 is 32.1 Å². The van der Waals surface area contributed by atoms with Gasteiger partial charge in [-0.1, -0.05) is 0 Å². The van der Waals surface area contributed by atoms with Crippen LogP contribution in [0.4, 0.5) is 17.6 Å². The van der Waals surface area contributed by atoms with Gasteiger partial charge in [-0.15, -0.1) is 11.3 Å². The van der Waals surface area contributed by atoms with E-state index in [1.165, 1.54) is 12.1 Å². The predicted molar refractivity (Wildman–Crippen MR) is 116 cm³/mol. The summed E-state index contributed by atoms with van der Waals surface area (Å²) in [6.45, 7) is 3.79. The molecule has 166 valence electrons. The van der Waals surface area contributed by atoms with Gasteiger partial charge in [0, 0.05) is 15.6 Å². The number of thiophene rings is 1. The molecule has 0 saturated heterocycles. The van der Waals surface area contributed by atoms with Gasteiger partial charge in [-0.25, -0.2) is 4.39 Å². The minimum atomic E-state index is -4.76. The van der Waals surface area contributed by atoms with Gasteiger partial charge >= 0.3 is 6.18 Å². The molecule has 1 heterocycles. The zero-order chi connectivity index (χ0) is 23.0. The van der Waals surface area contributed by atoms with Crippen molar-refractivity contribution in [2.45, 2.75) is 26.1 Å². The fourth-order valence-corrected chi connectivity index (χ4v) is 4.47. The number of hydrogen-bond donors (Lipinski definition) is 1. The van der Waals surface area contributed by atoms with Crippen LogP contribution in [0.3, 0.4) is 0 Å². The summed E-state index contributed by atoms with van der Waals surface area (Å²) in [5, 5.41) is 10.4. The van der Waals surface area contributed by atoms with Crippen LogP contribution in [-0.2, 0) is 6.18 Å². The monoisotopic (exact) mass is 462 g/mol. The minimum Gasteiger partial charge on any atom is -0.508 e. The SMILES string of the molecule is CC(C)Oc1ccc(Oc2c(-c3ccc(F)cc3C(F)(F)F)sc3cc(O)ccc23)cc1. The minimum absolute atomic E-state index is 0.0128. The van der Waals surface area contributed by atoms with Crippen LogP contribution < -0.4 is 9.47 Å². The Morgan fingerprint density at radius 1 is 0.906 bits per heavy atom. The van der Waals surface area contributed by atoms with Gasteiger partial charge < -0.3 is 14.6 Å². The number of phenolic OH excluding ortho intramolecular Hbond substituents is 1. The van der Waals surface area contributed by atoms with Crippen molar-refractivity contribution in [3.05, 3.63) is 72.0 Å². The number of aromatic hydroxyl groups is 1. The van der Waals surface area contributed by atoms with Gasteiger partial charge in [-0.2, -0.15) is 13.2 Å². The Kier molecular flexibility index (Phi) is 5.73. The zero-order valence-corrected chi connectivity index (χ0v) is 17.9. The van der Waals surface area contributed by atoms with Crippen LogP contribution in [0.5, 0.6) is 23.0 Å². The molecule has 0 atom stereocenters. The highest BCUT2D eigenvalue weighted by molar-refractivity contribution is 7.22. The molecule has 0 aliphatic rings. The van der Waals surface area contributed by atoms with Crippen molar-refractivity contribution in [2.24, 2.45) is 0 Å². The van der Waals surface area contributed by atoms with Crippen molar-refractivity contribution in [2.75, 3.05) is 0 Å². The van der Waals surface area contributed by atoms with Crippen LogP contribution in [0.1, 0.15) is 19.4 Å². The van der Waals surface area contributed by atoms with E-state index >= 15 is 0 Å². The number of phenols is 1. The van der Waals surface area contributed by atoms with Gasteiger partial charge in [-0.3, -0.25) is 0 Å². The lowest BCUT2D eigenvalue weighted by molar-refractivity contribution is -0.137. The Labute approximate surface area is 185 Å². The third-order valence-corrected chi connectivity index (χ3v) is 5.74. The van der Waals surface area contributed by atoms with E-state index in [4.69, 9.17) is 9.47 Å². The van der Waals surface area contributed by atoms with Crippen LogP contribution >= 0.6 is 11.3 Å². The topological polar surface area (TPSA) is 38.7 Å². The first kappa shape index (κ1) is 22.0. The van der Waals surface area contributed by atoms with E-state index in [0.717, 1.165) is 23.5 Å². The van der Waals surface area contributed by atoms with Gasteiger partial charge in [0.15, 0.2) is 5.75 Å². The van der Waals surface area contributed by atoms with Gasteiger partial charge in [0.2, 0.25) is 0 Å². The third kappa shape index (κ3) is 4.50. The van der Waals surface area contributed by atoms with E-state index in [1.807, 2.05) is 13.8 Å². The summed E-state index contributed by atoms with van der Waals surface area (Å²) in [5.41, 5.74) is -1.30. The average molecular weight is 462 g/mol. The van der Waals surface area contributed by atoms with E-state index in [0.29, 0.717) is 27.7 Å². The molecule has 3 nitrogen and oxygen atoms in total. The van der Waals surface area contributed by atoms with Crippen molar-refractivity contribution in [1.82, 2.24) is 0 Å². The molecule has 0 fully saturated rings. The number of hydrogen-bond acceptors (Lipinski definition) is 4. The lowest BCUT2D eigenvalue weighted by Crippen LogP contribution is -2.07. The number of fused-ring (bicyclic) bond motifs is 1. The maximum Gasteiger partial charge on any atom is 0.417 e. The molecule has 1 N–H and O–H groups in total. The molecule has 0 unspecified atom stereocenters. The Bertz CT molecular complexity index is 1260. The van der Waals surface area contributed by atoms with Gasteiger partial charge in [-0.05, 0) is 74.5 Å². The van der Waals surface area contributed by atoms with E-state index in [2.05, 4.69) is 0 Å². The predicted octanol–water partition coefficient (Wildman–Crippen LogP) is 8.01. The second-order valence-electron chi connectivity index (χ2n) is 7.37. The summed E-state index contributed by atoms with van der Waals surface area (Å²) in [6.07, 6.45) is -4.77. The average Bonchev–Trinajstić information content (AvgIpc) is 3.05. The van der Waals surface area contributed by atoms with Crippen LogP contribution in [0.25, 0.3) is 20.5 Å². The summed E-state index contributed by atoms with van der Waals surface area (Å²) in [5.74, 6) is 0.209. The largest absolute Gasteiger partial charge is 0.508 e.